The predicted molar refractivity (Wildman–Crippen MR) is 88.0 cm³/mol. The third kappa shape index (κ3) is 5.70. The number of hydrogen-bond donors (Lipinski definition) is 1. The summed E-state index contributed by atoms with van der Waals surface area (Å²) in [4.78, 5) is 25.5. The summed E-state index contributed by atoms with van der Waals surface area (Å²) in [5.41, 5.74) is -1.49. The van der Waals surface area contributed by atoms with Crippen molar-refractivity contribution in [3.05, 3.63) is 24.0 Å². The third-order valence-electron chi connectivity index (χ3n) is 3.63. The van der Waals surface area contributed by atoms with Crippen LogP contribution in [0.4, 0.5) is 32.4 Å². The summed E-state index contributed by atoms with van der Waals surface area (Å²) >= 11 is 0. The first-order chi connectivity index (χ1) is 12.8. The van der Waals surface area contributed by atoms with E-state index in [-0.39, 0.29) is 6.42 Å². The Morgan fingerprint density at radius 3 is 2.43 bits per heavy atom. The maximum atomic E-state index is 14.2. The molecule has 28 heavy (non-hydrogen) atoms. The number of anilines is 1. The molecule has 1 aliphatic rings. The van der Waals surface area contributed by atoms with E-state index in [0.717, 1.165) is 23.1 Å². The summed E-state index contributed by atoms with van der Waals surface area (Å²) in [5, 5.41) is 2.07. The van der Waals surface area contributed by atoms with Gasteiger partial charge in [0.05, 0.1) is 12.2 Å². The number of carbonyl (C=O) groups excluding carboxylic acids is 2. The number of nitrogens with zero attached hydrogens (tertiary/aromatic N) is 1. The molecule has 2 amide bonds. The molecule has 1 saturated heterocycles. The SMILES string of the molecule is CC(C)(C)OC(=O)N1C[C@H](F)C[C@H]1C(=O)Nc1cccc(OC(F)(F)F)c1F. The highest BCUT2D eigenvalue weighted by Gasteiger charge is 2.42. The van der Waals surface area contributed by atoms with Gasteiger partial charge in [0.2, 0.25) is 5.91 Å². The van der Waals surface area contributed by atoms with Gasteiger partial charge in [-0.3, -0.25) is 9.69 Å². The van der Waals surface area contributed by atoms with Gasteiger partial charge in [-0.15, -0.1) is 13.2 Å². The van der Waals surface area contributed by atoms with Crippen molar-refractivity contribution in [2.75, 3.05) is 11.9 Å². The summed E-state index contributed by atoms with van der Waals surface area (Å²) in [7, 11) is 0. The average molecular weight is 410 g/mol. The lowest BCUT2D eigenvalue weighted by Gasteiger charge is -2.27. The van der Waals surface area contributed by atoms with Crippen molar-refractivity contribution in [1.29, 1.82) is 0 Å². The maximum absolute atomic E-state index is 14.2. The summed E-state index contributed by atoms with van der Waals surface area (Å²) in [6, 6.07) is 1.48. The van der Waals surface area contributed by atoms with Crippen molar-refractivity contribution in [3.63, 3.8) is 0 Å². The Kier molecular flexibility index (Phi) is 6.05. The lowest BCUT2D eigenvalue weighted by molar-refractivity contribution is -0.275. The molecule has 0 bridgehead atoms. The normalized spacial score (nSPS) is 20.1. The molecule has 6 nitrogen and oxygen atoms in total. The minimum absolute atomic E-state index is 0.356. The Bertz CT molecular complexity index is 748. The van der Waals surface area contributed by atoms with E-state index in [0.29, 0.717) is 0 Å². The van der Waals surface area contributed by atoms with Crippen molar-refractivity contribution in [2.24, 2.45) is 0 Å². The third-order valence-corrected chi connectivity index (χ3v) is 3.63. The fraction of sp³-hybridized carbons (Fsp3) is 0.529. The number of carbonyl (C=O) groups is 2. The zero-order valence-electron chi connectivity index (χ0n) is 15.3. The largest absolute Gasteiger partial charge is 0.573 e. The van der Waals surface area contributed by atoms with Gasteiger partial charge in [0.1, 0.15) is 17.8 Å². The van der Waals surface area contributed by atoms with Crippen LogP contribution in [0.15, 0.2) is 18.2 Å². The minimum Gasteiger partial charge on any atom is -0.444 e. The van der Waals surface area contributed by atoms with E-state index in [2.05, 4.69) is 10.1 Å². The fourth-order valence-electron chi connectivity index (χ4n) is 2.58. The van der Waals surface area contributed by atoms with Gasteiger partial charge < -0.3 is 14.8 Å². The zero-order chi connectivity index (χ0) is 21.3. The molecule has 1 aliphatic heterocycles. The number of ether oxygens (including phenoxy) is 2. The Balaban J connectivity index is 2.17. The minimum atomic E-state index is -5.12. The van der Waals surface area contributed by atoms with Crippen molar-refractivity contribution < 1.29 is 41.0 Å². The monoisotopic (exact) mass is 410 g/mol. The van der Waals surface area contributed by atoms with Crippen LogP contribution in [0.5, 0.6) is 5.75 Å². The number of benzene rings is 1. The van der Waals surface area contributed by atoms with Gasteiger partial charge in [-0.05, 0) is 32.9 Å². The topological polar surface area (TPSA) is 67.9 Å². The second-order valence-corrected chi connectivity index (χ2v) is 7.14. The van der Waals surface area contributed by atoms with E-state index in [9.17, 15) is 31.5 Å². The first-order valence-corrected chi connectivity index (χ1v) is 8.25. The molecule has 2 atom stereocenters. The van der Waals surface area contributed by atoms with Crippen LogP contribution in [0.3, 0.4) is 0 Å². The molecule has 0 spiro atoms. The lowest BCUT2D eigenvalue weighted by atomic mass is 10.2. The van der Waals surface area contributed by atoms with Crippen molar-refractivity contribution in [1.82, 2.24) is 4.90 Å². The molecule has 156 valence electrons. The van der Waals surface area contributed by atoms with E-state index >= 15 is 0 Å². The van der Waals surface area contributed by atoms with Crippen LogP contribution < -0.4 is 10.1 Å². The Morgan fingerprint density at radius 2 is 1.86 bits per heavy atom. The predicted octanol–water partition coefficient (Wildman–Crippen LogP) is 4.01. The number of hydrogen-bond acceptors (Lipinski definition) is 4. The molecule has 11 heteroatoms. The van der Waals surface area contributed by atoms with Crippen molar-refractivity contribution in [3.8, 4) is 5.75 Å². The summed E-state index contributed by atoms with van der Waals surface area (Å²) in [5.74, 6) is -3.55. The smallest absolute Gasteiger partial charge is 0.444 e. The number of rotatable bonds is 3. The van der Waals surface area contributed by atoms with Gasteiger partial charge in [-0.25, -0.2) is 13.6 Å². The van der Waals surface area contributed by atoms with Gasteiger partial charge in [0.15, 0.2) is 11.6 Å². The highest BCUT2D eigenvalue weighted by Crippen LogP contribution is 2.30. The highest BCUT2D eigenvalue weighted by atomic mass is 19.4. The molecular weight excluding hydrogens is 391 g/mol. The van der Waals surface area contributed by atoms with Crippen LogP contribution in [0, 0.1) is 5.82 Å². The summed E-state index contributed by atoms with van der Waals surface area (Å²) in [6.45, 7) is 4.37. The van der Waals surface area contributed by atoms with Crippen LogP contribution in [0.25, 0.3) is 0 Å². The second kappa shape index (κ2) is 7.80. The number of amides is 2. The Labute approximate surface area is 157 Å². The maximum Gasteiger partial charge on any atom is 0.573 e. The molecule has 0 radical (unpaired) electrons. The molecule has 0 unspecified atom stereocenters. The van der Waals surface area contributed by atoms with Gasteiger partial charge in [0, 0.05) is 6.42 Å². The van der Waals surface area contributed by atoms with Crippen LogP contribution >= 0.6 is 0 Å². The molecule has 1 fully saturated rings. The first-order valence-electron chi connectivity index (χ1n) is 8.25. The van der Waals surface area contributed by atoms with E-state index in [1.54, 1.807) is 20.8 Å². The molecule has 0 aromatic heterocycles. The Morgan fingerprint density at radius 1 is 1.21 bits per heavy atom. The van der Waals surface area contributed by atoms with Gasteiger partial charge in [-0.1, -0.05) is 6.07 Å². The zero-order valence-corrected chi connectivity index (χ0v) is 15.3. The van der Waals surface area contributed by atoms with Gasteiger partial charge in [-0.2, -0.15) is 0 Å². The van der Waals surface area contributed by atoms with E-state index in [1.807, 2.05) is 0 Å². The number of alkyl halides is 4. The van der Waals surface area contributed by atoms with E-state index in [1.165, 1.54) is 0 Å². The molecule has 1 aromatic rings. The molecule has 2 rings (SSSR count). The number of likely N-dealkylation sites (tertiary alicyclic amines) is 1. The molecule has 0 aliphatic carbocycles. The highest BCUT2D eigenvalue weighted by molar-refractivity contribution is 5.97. The summed E-state index contributed by atoms with van der Waals surface area (Å²) in [6.07, 6.45) is -7.91. The second-order valence-electron chi connectivity index (χ2n) is 7.14. The number of nitrogens with one attached hydrogen (secondary N) is 1. The van der Waals surface area contributed by atoms with Crippen molar-refractivity contribution >= 4 is 17.7 Å². The van der Waals surface area contributed by atoms with Crippen LogP contribution in [0.2, 0.25) is 0 Å². The van der Waals surface area contributed by atoms with Gasteiger partial charge in [0.25, 0.3) is 0 Å². The van der Waals surface area contributed by atoms with Crippen LogP contribution in [-0.4, -0.2) is 47.6 Å². The number of halogens is 5. The van der Waals surface area contributed by atoms with Crippen molar-refractivity contribution in [2.45, 2.75) is 51.4 Å². The molecule has 0 saturated carbocycles. The molecular formula is C17H19F5N2O4. The Hall–Kier alpha value is -2.59. The fourth-order valence-corrected chi connectivity index (χ4v) is 2.58. The van der Waals surface area contributed by atoms with Gasteiger partial charge >= 0.3 is 12.5 Å². The van der Waals surface area contributed by atoms with Crippen LogP contribution in [0.1, 0.15) is 27.2 Å². The molecule has 1 heterocycles. The quantitative estimate of drug-likeness (QED) is 0.765. The van der Waals surface area contributed by atoms with Crippen LogP contribution in [-0.2, 0) is 9.53 Å². The standard InChI is InChI=1S/C17H19F5N2O4/c1-16(2,3)28-15(26)24-8-9(18)7-11(24)14(25)23-10-5-4-6-12(13(10)19)27-17(20,21)22/h4-6,9,11H,7-8H2,1-3H3,(H,23,25)/t9-,11+/m1/s1. The first kappa shape index (κ1) is 21.7. The molecule has 1 aromatic carbocycles. The summed E-state index contributed by atoms with van der Waals surface area (Å²) < 4.78 is 73.6. The van der Waals surface area contributed by atoms with E-state index < -0.39 is 60.0 Å². The van der Waals surface area contributed by atoms with E-state index in [4.69, 9.17) is 4.74 Å². The average Bonchev–Trinajstić information content (AvgIpc) is 2.90. The lowest BCUT2D eigenvalue weighted by Crippen LogP contribution is -2.45. The molecule has 1 N–H and O–H groups in total.